The highest BCUT2D eigenvalue weighted by Crippen LogP contribution is 2.37. The number of imidazole rings is 1. The minimum Gasteiger partial charge on any atom is -0.393 e. The number of amides is 1. The van der Waals surface area contributed by atoms with Gasteiger partial charge in [-0.1, -0.05) is 11.6 Å². The molecule has 0 radical (unpaired) electrons. The monoisotopic (exact) mass is 491 g/mol. The summed E-state index contributed by atoms with van der Waals surface area (Å²) in [6.45, 7) is 0. The summed E-state index contributed by atoms with van der Waals surface area (Å²) in [6.07, 6.45) is 4.99. The minimum atomic E-state index is -1.15. The van der Waals surface area contributed by atoms with E-state index in [1.165, 1.54) is 12.1 Å². The normalized spacial score (nSPS) is 24.6. The number of aliphatic hydroxyl groups is 1. The van der Waals surface area contributed by atoms with E-state index in [2.05, 4.69) is 25.6 Å². The quantitative estimate of drug-likeness (QED) is 0.387. The Labute approximate surface area is 198 Å². The molecule has 0 bridgehead atoms. The highest BCUT2D eigenvalue weighted by Gasteiger charge is 2.31. The summed E-state index contributed by atoms with van der Waals surface area (Å²) >= 11 is 5.69. The predicted octanol–water partition coefficient (Wildman–Crippen LogP) is 3.65. The smallest absolute Gasteiger partial charge is 0.224 e. The van der Waals surface area contributed by atoms with Crippen LogP contribution >= 0.6 is 11.6 Å². The lowest BCUT2D eigenvalue weighted by Crippen LogP contribution is -2.39. The molecule has 0 aliphatic heterocycles. The van der Waals surface area contributed by atoms with Crippen LogP contribution in [-0.4, -0.2) is 42.7 Å². The van der Waals surface area contributed by atoms with Crippen LogP contribution in [0, 0.1) is 17.6 Å². The lowest BCUT2D eigenvalue weighted by Gasteiger charge is -2.32. The van der Waals surface area contributed by atoms with Gasteiger partial charge in [-0.05, 0) is 50.7 Å². The zero-order chi connectivity index (χ0) is 24.0. The fourth-order valence-electron chi connectivity index (χ4n) is 4.64. The Morgan fingerprint density at radius 1 is 1.15 bits per heavy atom. The highest BCUT2D eigenvalue weighted by atomic mass is 35.5. The average molecular weight is 492 g/mol. The molecule has 9 nitrogen and oxygen atoms in total. The molecule has 5 N–H and O–H groups in total. The maximum absolute atomic E-state index is 14.5. The topological polar surface area (TPSA) is 131 Å². The van der Waals surface area contributed by atoms with Crippen molar-refractivity contribution >= 4 is 46.3 Å². The maximum Gasteiger partial charge on any atom is 0.224 e. The van der Waals surface area contributed by atoms with Gasteiger partial charge in [-0.2, -0.15) is 4.98 Å². The number of halogens is 3. The van der Waals surface area contributed by atoms with Crippen molar-refractivity contribution in [3.8, 4) is 0 Å². The maximum atomic E-state index is 14.5. The van der Waals surface area contributed by atoms with Crippen LogP contribution < -0.4 is 16.4 Å². The molecule has 0 spiro atoms. The predicted molar refractivity (Wildman–Crippen MR) is 123 cm³/mol. The molecule has 34 heavy (non-hydrogen) atoms. The lowest BCUT2D eigenvalue weighted by atomic mass is 9.85. The van der Waals surface area contributed by atoms with Crippen molar-refractivity contribution in [1.29, 1.82) is 0 Å². The number of carbonyl (C=O) groups excluding carboxylic acids is 1. The van der Waals surface area contributed by atoms with Gasteiger partial charge in [0.1, 0.15) is 5.52 Å². The van der Waals surface area contributed by atoms with Crippen molar-refractivity contribution in [2.75, 3.05) is 10.6 Å². The number of nitrogens with two attached hydrogens (primary N) is 1. The molecule has 2 saturated carbocycles. The molecule has 5 rings (SSSR count). The van der Waals surface area contributed by atoms with Crippen LogP contribution in [0.3, 0.4) is 0 Å². The molecular formula is C22H24ClF2N7O2. The number of carbonyl (C=O) groups is 1. The van der Waals surface area contributed by atoms with Crippen LogP contribution in [-0.2, 0) is 4.79 Å². The number of nitrogens with zero attached hydrogens (tertiary/aromatic N) is 4. The second-order valence-electron chi connectivity index (χ2n) is 8.93. The molecule has 1 amide bonds. The second-order valence-corrected chi connectivity index (χ2v) is 9.34. The Kier molecular flexibility index (Phi) is 5.98. The summed E-state index contributed by atoms with van der Waals surface area (Å²) in [7, 11) is 0. The third kappa shape index (κ3) is 4.25. The number of anilines is 3. The van der Waals surface area contributed by atoms with Crippen LogP contribution in [0.15, 0.2) is 18.3 Å². The van der Waals surface area contributed by atoms with Gasteiger partial charge in [0.2, 0.25) is 17.8 Å². The first-order valence-corrected chi connectivity index (χ1v) is 11.6. The molecule has 2 aliphatic rings. The van der Waals surface area contributed by atoms with Crippen LogP contribution in [0.4, 0.5) is 26.4 Å². The summed E-state index contributed by atoms with van der Waals surface area (Å²) in [4.78, 5) is 25.1. The van der Waals surface area contributed by atoms with Crippen molar-refractivity contribution in [1.82, 2.24) is 19.5 Å². The van der Waals surface area contributed by atoms with Crippen LogP contribution in [0.1, 0.15) is 44.6 Å². The number of fused-ring (bicyclic) bond motifs is 1. The molecule has 2 aromatic heterocycles. The number of nitrogens with one attached hydrogen (secondary N) is 2. The minimum absolute atomic E-state index is 0.0820. The number of aromatic nitrogens is 4. The van der Waals surface area contributed by atoms with E-state index in [9.17, 15) is 18.7 Å². The first kappa shape index (κ1) is 22.7. The summed E-state index contributed by atoms with van der Waals surface area (Å²) in [5.74, 6) is -2.09. The van der Waals surface area contributed by atoms with E-state index in [1.807, 2.05) is 4.57 Å². The number of aliphatic hydroxyl groups excluding tert-OH is 1. The molecule has 2 heterocycles. The first-order valence-electron chi connectivity index (χ1n) is 11.2. The zero-order valence-electron chi connectivity index (χ0n) is 18.1. The first-order chi connectivity index (χ1) is 16.3. The van der Waals surface area contributed by atoms with Crippen LogP contribution in [0.25, 0.3) is 11.2 Å². The Balaban J connectivity index is 1.52. The number of benzene rings is 1. The molecule has 2 aliphatic carbocycles. The largest absolute Gasteiger partial charge is 0.393 e. The Morgan fingerprint density at radius 3 is 2.56 bits per heavy atom. The van der Waals surface area contributed by atoms with Gasteiger partial charge in [-0.15, -0.1) is 0 Å². The molecule has 0 unspecified atom stereocenters. The molecule has 12 heteroatoms. The summed E-state index contributed by atoms with van der Waals surface area (Å²) in [5, 5.41) is 15.3. The van der Waals surface area contributed by atoms with E-state index in [1.54, 1.807) is 6.20 Å². The molecule has 0 saturated heterocycles. The summed E-state index contributed by atoms with van der Waals surface area (Å²) in [6, 6.07) is 2.60. The van der Waals surface area contributed by atoms with Gasteiger partial charge < -0.3 is 21.5 Å². The summed E-state index contributed by atoms with van der Waals surface area (Å²) < 4.78 is 30.4. The van der Waals surface area contributed by atoms with Crippen molar-refractivity contribution in [2.45, 2.75) is 56.7 Å². The summed E-state index contributed by atoms with van der Waals surface area (Å²) in [5.41, 5.74) is 6.38. The molecule has 1 aromatic carbocycles. The third-order valence-corrected chi connectivity index (χ3v) is 6.92. The fourth-order valence-corrected chi connectivity index (χ4v) is 4.79. The van der Waals surface area contributed by atoms with Crippen molar-refractivity contribution in [3.05, 3.63) is 35.0 Å². The third-order valence-electron chi connectivity index (χ3n) is 6.63. The van der Waals surface area contributed by atoms with Gasteiger partial charge in [0, 0.05) is 18.0 Å². The molecular weight excluding hydrogens is 468 g/mol. The number of primary amides is 1. The standard InChI is InChI=1S/C22H24ClF2N7O2/c23-14-5-6-15(18(25)17(14)24)29-22-30-16-9-27-21(28-11-7-13(33)8-11)31-20(16)32(22)12-3-1-10(2-4-12)19(26)34/h5-6,9-13,33H,1-4,7-8H2,(H2,26,34)(H,29,30)(H,27,28,31). The van der Waals surface area contributed by atoms with E-state index in [0.29, 0.717) is 55.6 Å². The van der Waals surface area contributed by atoms with E-state index in [4.69, 9.17) is 17.3 Å². The Hall–Kier alpha value is -3.05. The van der Waals surface area contributed by atoms with E-state index in [-0.39, 0.29) is 46.7 Å². The molecule has 180 valence electrons. The lowest BCUT2D eigenvalue weighted by molar-refractivity contribution is -0.122. The van der Waals surface area contributed by atoms with E-state index in [0.717, 1.165) is 0 Å². The van der Waals surface area contributed by atoms with Crippen LogP contribution in [0.5, 0.6) is 0 Å². The highest BCUT2D eigenvalue weighted by molar-refractivity contribution is 6.30. The van der Waals surface area contributed by atoms with E-state index < -0.39 is 11.6 Å². The second kappa shape index (κ2) is 8.95. The van der Waals surface area contributed by atoms with Crippen molar-refractivity contribution in [2.24, 2.45) is 11.7 Å². The van der Waals surface area contributed by atoms with E-state index >= 15 is 0 Å². The van der Waals surface area contributed by atoms with Gasteiger partial charge in [0.15, 0.2) is 17.3 Å². The fraction of sp³-hybridized carbons (Fsp3) is 0.455. The van der Waals surface area contributed by atoms with Gasteiger partial charge in [-0.3, -0.25) is 9.36 Å². The number of hydrogen-bond donors (Lipinski definition) is 4. The van der Waals surface area contributed by atoms with Gasteiger partial charge in [0.05, 0.1) is 23.0 Å². The van der Waals surface area contributed by atoms with Crippen LogP contribution in [0.2, 0.25) is 5.02 Å². The number of rotatable bonds is 6. The van der Waals surface area contributed by atoms with Crippen molar-refractivity contribution < 1.29 is 18.7 Å². The number of hydrogen-bond acceptors (Lipinski definition) is 7. The van der Waals surface area contributed by atoms with Gasteiger partial charge >= 0.3 is 0 Å². The Morgan fingerprint density at radius 2 is 1.88 bits per heavy atom. The Bertz CT molecular complexity index is 1240. The molecule has 3 aromatic rings. The SMILES string of the molecule is NC(=O)C1CCC(n2c(Nc3ccc(Cl)c(F)c3F)nc3cnc(NC4CC(O)C4)nc32)CC1. The van der Waals surface area contributed by atoms with Gasteiger partial charge in [0.25, 0.3) is 0 Å². The van der Waals surface area contributed by atoms with Crippen molar-refractivity contribution in [3.63, 3.8) is 0 Å². The molecule has 2 fully saturated rings. The average Bonchev–Trinajstić information content (AvgIpc) is 3.15. The molecule has 0 atom stereocenters. The van der Waals surface area contributed by atoms with Gasteiger partial charge in [-0.25, -0.2) is 18.7 Å². The zero-order valence-corrected chi connectivity index (χ0v) is 18.9.